The second kappa shape index (κ2) is 9.51. The number of halogens is 2. The standard InChI is InChI=1S/C27H25BrClN3O2/c1-16(33)32(15-17-2-3-17)26-9-6-19(13-24(26)29)25-8-5-20(14-30-25)27(34)31-23-11-18-4-7-22(28)10-21(18)12-23/h4-10,13-14,17,23H,2-3,11-12,15H2,1H3,(H,31,34). The first-order valence-electron chi connectivity index (χ1n) is 11.5. The van der Waals surface area contributed by atoms with Gasteiger partial charge in [-0.05, 0) is 79.1 Å². The van der Waals surface area contributed by atoms with E-state index in [1.54, 1.807) is 24.1 Å². The molecule has 2 amide bonds. The third-order valence-corrected chi connectivity index (χ3v) is 7.31. The third kappa shape index (κ3) is 5.03. The Hall–Kier alpha value is -2.70. The lowest BCUT2D eigenvalue weighted by Crippen LogP contribution is -2.35. The van der Waals surface area contributed by atoms with Crippen LogP contribution >= 0.6 is 27.5 Å². The van der Waals surface area contributed by atoms with Crippen LogP contribution in [0.4, 0.5) is 5.69 Å². The number of benzene rings is 2. The van der Waals surface area contributed by atoms with Gasteiger partial charge in [0, 0.05) is 35.7 Å². The summed E-state index contributed by atoms with van der Waals surface area (Å²) in [6, 6.07) is 15.6. The third-order valence-electron chi connectivity index (χ3n) is 6.51. The molecule has 174 valence electrons. The molecule has 5 nitrogen and oxygen atoms in total. The van der Waals surface area contributed by atoms with Crippen molar-refractivity contribution in [3.63, 3.8) is 0 Å². The van der Waals surface area contributed by atoms with Crippen molar-refractivity contribution in [3.05, 3.63) is 80.9 Å². The molecule has 5 rings (SSSR count). The van der Waals surface area contributed by atoms with Gasteiger partial charge in [-0.3, -0.25) is 14.6 Å². The minimum Gasteiger partial charge on any atom is -0.349 e. The maximum atomic E-state index is 12.8. The van der Waals surface area contributed by atoms with Crippen LogP contribution in [-0.2, 0) is 17.6 Å². The molecule has 0 saturated heterocycles. The van der Waals surface area contributed by atoms with Crippen molar-refractivity contribution < 1.29 is 9.59 Å². The molecule has 1 saturated carbocycles. The molecule has 1 fully saturated rings. The summed E-state index contributed by atoms with van der Waals surface area (Å²) in [5.41, 5.74) is 5.37. The van der Waals surface area contributed by atoms with Gasteiger partial charge in [-0.25, -0.2) is 0 Å². The number of hydrogen-bond acceptors (Lipinski definition) is 3. The normalized spacial score (nSPS) is 16.7. The van der Waals surface area contributed by atoms with Gasteiger partial charge >= 0.3 is 0 Å². The van der Waals surface area contributed by atoms with Crippen molar-refractivity contribution in [2.45, 2.75) is 38.6 Å². The quantitative estimate of drug-likeness (QED) is 0.430. The molecule has 0 aliphatic heterocycles. The Balaban J connectivity index is 1.26. The SMILES string of the molecule is CC(=O)N(CC1CC1)c1ccc(-c2ccc(C(=O)NC3Cc4ccc(Br)cc4C3)cn2)cc1Cl. The summed E-state index contributed by atoms with van der Waals surface area (Å²) in [6.07, 6.45) is 5.58. The predicted molar refractivity (Wildman–Crippen MR) is 138 cm³/mol. The number of carbonyl (C=O) groups excluding carboxylic acids is 2. The Morgan fingerprint density at radius 2 is 1.88 bits per heavy atom. The molecular weight excluding hydrogens is 514 g/mol. The van der Waals surface area contributed by atoms with Gasteiger partial charge in [-0.2, -0.15) is 0 Å². The molecule has 0 radical (unpaired) electrons. The second-order valence-electron chi connectivity index (χ2n) is 9.16. The molecule has 1 N–H and O–H groups in total. The highest BCUT2D eigenvalue weighted by Crippen LogP contribution is 2.35. The van der Waals surface area contributed by atoms with Crippen molar-refractivity contribution in [1.29, 1.82) is 0 Å². The summed E-state index contributed by atoms with van der Waals surface area (Å²) in [6.45, 7) is 2.28. The zero-order valence-corrected chi connectivity index (χ0v) is 21.2. The van der Waals surface area contributed by atoms with Crippen LogP contribution in [0.5, 0.6) is 0 Å². The second-order valence-corrected chi connectivity index (χ2v) is 10.5. The van der Waals surface area contributed by atoms with E-state index in [1.165, 1.54) is 11.1 Å². The van der Waals surface area contributed by atoms with E-state index in [0.29, 0.717) is 23.0 Å². The highest BCUT2D eigenvalue weighted by Gasteiger charge is 2.27. The monoisotopic (exact) mass is 537 g/mol. The average Bonchev–Trinajstić information content (AvgIpc) is 3.55. The number of carbonyl (C=O) groups is 2. The van der Waals surface area contributed by atoms with E-state index < -0.39 is 0 Å². The molecular formula is C27H25BrClN3O2. The molecule has 0 bridgehead atoms. The van der Waals surface area contributed by atoms with E-state index in [9.17, 15) is 9.59 Å². The highest BCUT2D eigenvalue weighted by atomic mass is 79.9. The van der Waals surface area contributed by atoms with E-state index in [1.807, 2.05) is 30.3 Å². The van der Waals surface area contributed by atoms with Gasteiger partial charge in [0.1, 0.15) is 0 Å². The zero-order valence-electron chi connectivity index (χ0n) is 18.9. The van der Waals surface area contributed by atoms with Gasteiger partial charge in [0.15, 0.2) is 0 Å². The first-order valence-corrected chi connectivity index (χ1v) is 12.7. The van der Waals surface area contributed by atoms with Crippen LogP contribution in [0.3, 0.4) is 0 Å². The maximum absolute atomic E-state index is 12.8. The van der Waals surface area contributed by atoms with Crippen molar-refractivity contribution in [3.8, 4) is 11.3 Å². The van der Waals surface area contributed by atoms with Gasteiger partial charge in [0.25, 0.3) is 5.91 Å². The number of fused-ring (bicyclic) bond motifs is 1. The topological polar surface area (TPSA) is 62.3 Å². The molecule has 7 heteroatoms. The fourth-order valence-corrected chi connectivity index (χ4v) is 5.19. The predicted octanol–water partition coefficient (Wildman–Crippen LogP) is 5.82. The lowest BCUT2D eigenvalue weighted by Gasteiger charge is -2.22. The van der Waals surface area contributed by atoms with Crippen LogP contribution in [0, 0.1) is 5.92 Å². The minimum absolute atomic E-state index is 0.00645. The van der Waals surface area contributed by atoms with Gasteiger partial charge < -0.3 is 10.2 Å². The Kier molecular flexibility index (Phi) is 6.45. The van der Waals surface area contributed by atoms with Crippen LogP contribution in [0.25, 0.3) is 11.3 Å². The first-order chi connectivity index (χ1) is 16.4. The van der Waals surface area contributed by atoms with Crippen molar-refractivity contribution >= 4 is 45.0 Å². The fourth-order valence-electron chi connectivity index (χ4n) is 4.50. The van der Waals surface area contributed by atoms with Crippen LogP contribution in [0.1, 0.15) is 41.3 Å². The van der Waals surface area contributed by atoms with E-state index in [4.69, 9.17) is 11.6 Å². The van der Waals surface area contributed by atoms with Gasteiger partial charge in [-0.15, -0.1) is 0 Å². The molecule has 1 atom stereocenters. The number of nitrogens with one attached hydrogen (secondary N) is 1. The van der Waals surface area contributed by atoms with Crippen LogP contribution in [0.15, 0.2) is 59.2 Å². The number of hydrogen-bond donors (Lipinski definition) is 1. The molecule has 3 aromatic rings. The molecule has 2 aliphatic rings. The number of rotatable bonds is 6. The Morgan fingerprint density at radius 1 is 1.09 bits per heavy atom. The van der Waals surface area contributed by atoms with Crippen LogP contribution < -0.4 is 10.2 Å². The molecule has 1 heterocycles. The van der Waals surface area contributed by atoms with E-state index in [2.05, 4.69) is 38.4 Å². The summed E-state index contributed by atoms with van der Waals surface area (Å²) in [7, 11) is 0. The van der Waals surface area contributed by atoms with Crippen LogP contribution in [0.2, 0.25) is 5.02 Å². The molecule has 1 unspecified atom stereocenters. The van der Waals surface area contributed by atoms with Crippen molar-refractivity contribution in [1.82, 2.24) is 10.3 Å². The molecule has 2 aliphatic carbocycles. The van der Waals surface area contributed by atoms with Crippen molar-refractivity contribution in [2.75, 3.05) is 11.4 Å². The highest BCUT2D eigenvalue weighted by molar-refractivity contribution is 9.10. The molecule has 2 aromatic carbocycles. The lowest BCUT2D eigenvalue weighted by atomic mass is 10.1. The zero-order chi connectivity index (χ0) is 23.8. The summed E-state index contributed by atoms with van der Waals surface area (Å²) in [5.74, 6) is 0.440. The number of aromatic nitrogens is 1. The summed E-state index contributed by atoms with van der Waals surface area (Å²) in [4.78, 5) is 31.2. The average molecular weight is 539 g/mol. The Morgan fingerprint density at radius 3 is 2.56 bits per heavy atom. The number of pyridine rings is 1. The summed E-state index contributed by atoms with van der Waals surface area (Å²) in [5, 5.41) is 3.65. The number of anilines is 1. The molecule has 1 aromatic heterocycles. The van der Waals surface area contributed by atoms with Gasteiger partial charge in [0.2, 0.25) is 5.91 Å². The smallest absolute Gasteiger partial charge is 0.253 e. The fraction of sp³-hybridized carbons (Fsp3) is 0.296. The van der Waals surface area contributed by atoms with Gasteiger partial charge in [0.05, 0.1) is 22.0 Å². The largest absolute Gasteiger partial charge is 0.349 e. The summed E-state index contributed by atoms with van der Waals surface area (Å²) >= 11 is 10.1. The Labute approximate surface area is 212 Å². The molecule has 34 heavy (non-hydrogen) atoms. The summed E-state index contributed by atoms with van der Waals surface area (Å²) < 4.78 is 1.06. The lowest BCUT2D eigenvalue weighted by molar-refractivity contribution is -0.116. The van der Waals surface area contributed by atoms with Crippen molar-refractivity contribution in [2.24, 2.45) is 5.92 Å². The van der Waals surface area contributed by atoms with E-state index >= 15 is 0 Å². The van der Waals surface area contributed by atoms with E-state index in [-0.39, 0.29) is 17.9 Å². The number of nitrogens with zero attached hydrogens (tertiary/aromatic N) is 2. The van der Waals surface area contributed by atoms with E-state index in [0.717, 1.165) is 47.1 Å². The Bertz CT molecular complexity index is 1260. The van der Waals surface area contributed by atoms with Gasteiger partial charge in [-0.1, -0.05) is 39.7 Å². The van der Waals surface area contributed by atoms with Crippen LogP contribution in [-0.4, -0.2) is 29.4 Å². The minimum atomic E-state index is -0.124. The maximum Gasteiger partial charge on any atom is 0.253 e. The molecule has 0 spiro atoms. The first kappa shape index (κ1) is 23.1. The number of amides is 2.